The number of hydrogen-bond donors (Lipinski definition) is 1. The highest BCUT2D eigenvalue weighted by Gasteiger charge is 2.24. The van der Waals surface area contributed by atoms with E-state index in [1.807, 2.05) is 6.92 Å². The monoisotopic (exact) mass is 376 g/mol. The minimum atomic E-state index is -0.177. The minimum absolute atomic E-state index is 0.0369. The van der Waals surface area contributed by atoms with Gasteiger partial charge in [0.25, 0.3) is 5.91 Å². The smallest absolute Gasteiger partial charge is 0.257 e. The highest BCUT2D eigenvalue weighted by Crippen LogP contribution is 2.20. The van der Waals surface area contributed by atoms with Crippen molar-refractivity contribution in [3.05, 3.63) is 46.6 Å². The molecule has 26 heavy (non-hydrogen) atoms. The lowest BCUT2D eigenvalue weighted by Gasteiger charge is -2.32. The highest BCUT2D eigenvalue weighted by atomic mass is 35.5. The van der Waals surface area contributed by atoms with Crippen LogP contribution in [0.5, 0.6) is 0 Å². The number of rotatable bonds is 4. The zero-order valence-corrected chi connectivity index (χ0v) is 15.5. The quantitative estimate of drug-likeness (QED) is 0.831. The predicted octanol–water partition coefficient (Wildman–Crippen LogP) is 2.41. The summed E-state index contributed by atoms with van der Waals surface area (Å²) in [5.74, 6) is -0.214. The van der Waals surface area contributed by atoms with Gasteiger partial charge in [-0.25, -0.2) is 0 Å². The van der Waals surface area contributed by atoms with E-state index in [4.69, 9.17) is 16.0 Å². The minimum Gasteiger partial charge on any atom is -0.472 e. The van der Waals surface area contributed by atoms with Crippen molar-refractivity contribution in [1.82, 2.24) is 20.0 Å². The van der Waals surface area contributed by atoms with Crippen LogP contribution in [0.15, 0.2) is 29.1 Å². The summed E-state index contributed by atoms with van der Waals surface area (Å²) in [6.07, 6.45) is 7.53. The van der Waals surface area contributed by atoms with E-state index in [1.54, 1.807) is 28.8 Å². The average molecular weight is 377 g/mol. The van der Waals surface area contributed by atoms with Crippen molar-refractivity contribution in [2.24, 2.45) is 7.05 Å². The van der Waals surface area contributed by atoms with Crippen molar-refractivity contribution in [2.75, 3.05) is 13.1 Å². The second-order valence-corrected chi connectivity index (χ2v) is 6.69. The van der Waals surface area contributed by atoms with Gasteiger partial charge in [-0.2, -0.15) is 5.10 Å². The Hall–Kier alpha value is -2.54. The lowest BCUT2D eigenvalue weighted by molar-refractivity contribution is -0.117. The van der Waals surface area contributed by atoms with Crippen LogP contribution in [-0.2, 0) is 11.8 Å². The van der Waals surface area contributed by atoms with E-state index in [0.29, 0.717) is 23.8 Å². The first-order chi connectivity index (χ1) is 12.5. The van der Waals surface area contributed by atoms with E-state index in [0.717, 1.165) is 24.1 Å². The lowest BCUT2D eigenvalue weighted by atomic mass is 10.0. The number of piperidine rings is 1. The van der Waals surface area contributed by atoms with Gasteiger partial charge >= 0.3 is 0 Å². The van der Waals surface area contributed by atoms with Crippen LogP contribution in [0.25, 0.3) is 6.08 Å². The third kappa shape index (κ3) is 3.99. The molecule has 0 aliphatic carbocycles. The van der Waals surface area contributed by atoms with E-state index < -0.39 is 0 Å². The Bertz CT molecular complexity index is 818. The summed E-state index contributed by atoms with van der Waals surface area (Å²) in [4.78, 5) is 26.2. The molecule has 3 heterocycles. The van der Waals surface area contributed by atoms with Crippen LogP contribution in [0.1, 0.15) is 34.5 Å². The third-order valence-electron chi connectivity index (χ3n) is 4.49. The summed E-state index contributed by atoms with van der Waals surface area (Å²) in [6, 6.07) is 1.71. The van der Waals surface area contributed by atoms with Gasteiger partial charge in [-0.1, -0.05) is 11.6 Å². The molecule has 0 saturated carbocycles. The fourth-order valence-corrected chi connectivity index (χ4v) is 3.28. The molecule has 0 radical (unpaired) electrons. The fraction of sp³-hybridized carbons (Fsp3) is 0.389. The summed E-state index contributed by atoms with van der Waals surface area (Å²) in [5, 5.41) is 7.68. The number of amides is 2. The molecule has 138 valence electrons. The Balaban J connectivity index is 1.50. The molecule has 0 unspecified atom stereocenters. The Morgan fingerprint density at radius 2 is 2.12 bits per heavy atom. The van der Waals surface area contributed by atoms with Gasteiger partial charge in [0, 0.05) is 37.8 Å². The lowest BCUT2D eigenvalue weighted by Crippen LogP contribution is -2.46. The van der Waals surface area contributed by atoms with Crippen LogP contribution >= 0.6 is 11.6 Å². The molecule has 2 aromatic heterocycles. The van der Waals surface area contributed by atoms with Crippen LogP contribution in [0, 0.1) is 6.92 Å². The van der Waals surface area contributed by atoms with Gasteiger partial charge in [0.1, 0.15) is 11.4 Å². The number of carbonyl (C=O) groups is 2. The van der Waals surface area contributed by atoms with Crippen LogP contribution in [0.4, 0.5) is 0 Å². The molecule has 1 N–H and O–H groups in total. The molecule has 1 fully saturated rings. The first-order valence-electron chi connectivity index (χ1n) is 8.45. The summed E-state index contributed by atoms with van der Waals surface area (Å²) in [5.41, 5.74) is 2.07. The molecular weight excluding hydrogens is 356 g/mol. The normalized spacial score (nSPS) is 15.6. The number of furan rings is 1. The van der Waals surface area contributed by atoms with Crippen molar-refractivity contribution < 1.29 is 14.0 Å². The average Bonchev–Trinajstić information content (AvgIpc) is 3.23. The largest absolute Gasteiger partial charge is 0.472 e. The summed E-state index contributed by atoms with van der Waals surface area (Å²) >= 11 is 6.15. The molecule has 1 saturated heterocycles. The number of carbonyl (C=O) groups excluding carboxylic acids is 2. The molecule has 7 nitrogen and oxygen atoms in total. The standard InChI is InChI=1S/C18H21ClN4O3/c1-12-15(17(19)22(2)21-12)3-4-16(24)20-14-5-8-23(9-6-14)18(25)13-7-10-26-11-13/h3-4,7,10-11,14H,5-6,8-9H2,1-2H3,(H,20,24)/b4-3+. The van der Waals surface area contributed by atoms with Gasteiger partial charge in [0.2, 0.25) is 5.91 Å². The van der Waals surface area contributed by atoms with E-state index in [1.165, 1.54) is 18.6 Å². The maximum atomic E-state index is 12.3. The van der Waals surface area contributed by atoms with Gasteiger partial charge in [-0.3, -0.25) is 14.3 Å². The van der Waals surface area contributed by atoms with Crippen LogP contribution < -0.4 is 5.32 Å². The molecule has 0 atom stereocenters. The van der Waals surface area contributed by atoms with E-state index >= 15 is 0 Å². The maximum absolute atomic E-state index is 12.3. The molecule has 1 aliphatic heterocycles. The van der Waals surface area contributed by atoms with Crippen molar-refractivity contribution in [3.63, 3.8) is 0 Å². The number of nitrogens with one attached hydrogen (secondary N) is 1. The molecule has 8 heteroatoms. The highest BCUT2D eigenvalue weighted by molar-refractivity contribution is 6.31. The second kappa shape index (κ2) is 7.78. The number of aryl methyl sites for hydroxylation is 2. The van der Waals surface area contributed by atoms with Gasteiger partial charge in [0.05, 0.1) is 17.5 Å². The van der Waals surface area contributed by atoms with Crippen molar-refractivity contribution >= 4 is 29.5 Å². The topological polar surface area (TPSA) is 80.4 Å². The van der Waals surface area contributed by atoms with Crippen molar-refractivity contribution in [2.45, 2.75) is 25.8 Å². The van der Waals surface area contributed by atoms with E-state index in [9.17, 15) is 9.59 Å². The Morgan fingerprint density at radius 3 is 2.69 bits per heavy atom. The maximum Gasteiger partial charge on any atom is 0.257 e. The number of halogens is 1. The Labute approximate surface area is 156 Å². The molecule has 0 spiro atoms. The second-order valence-electron chi connectivity index (χ2n) is 6.33. The van der Waals surface area contributed by atoms with Gasteiger partial charge in [-0.05, 0) is 31.9 Å². The number of likely N-dealkylation sites (tertiary alicyclic amines) is 1. The molecule has 2 aromatic rings. The Kier molecular flexibility index (Phi) is 5.46. The van der Waals surface area contributed by atoms with E-state index in [2.05, 4.69) is 10.4 Å². The van der Waals surface area contributed by atoms with Crippen LogP contribution in [-0.4, -0.2) is 45.6 Å². The molecule has 1 aliphatic rings. The summed E-state index contributed by atoms with van der Waals surface area (Å²) in [6.45, 7) is 3.05. The molecule has 0 bridgehead atoms. The fourth-order valence-electron chi connectivity index (χ4n) is 3.04. The van der Waals surface area contributed by atoms with Gasteiger partial charge in [0.15, 0.2) is 0 Å². The molecular formula is C18H21ClN4O3. The zero-order chi connectivity index (χ0) is 18.7. The van der Waals surface area contributed by atoms with Gasteiger partial charge in [-0.15, -0.1) is 0 Å². The van der Waals surface area contributed by atoms with Crippen molar-refractivity contribution in [1.29, 1.82) is 0 Å². The SMILES string of the molecule is Cc1nn(C)c(Cl)c1/C=C/C(=O)NC1CCN(C(=O)c2ccoc2)CC1. The molecule has 3 rings (SSSR count). The van der Waals surface area contributed by atoms with Crippen LogP contribution in [0.3, 0.4) is 0 Å². The predicted molar refractivity (Wildman–Crippen MR) is 97.8 cm³/mol. The number of nitrogens with zero attached hydrogens (tertiary/aromatic N) is 3. The van der Waals surface area contributed by atoms with Crippen LogP contribution in [0.2, 0.25) is 5.15 Å². The number of aromatic nitrogens is 2. The first-order valence-corrected chi connectivity index (χ1v) is 8.82. The summed E-state index contributed by atoms with van der Waals surface area (Å²) < 4.78 is 6.53. The van der Waals surface area contributed by atoms with E-state index in [-0.39, 0.29) is 17.9 Å². The molecule has 2 amide bonds. The molecule has 0 aromatic carbocycles. The first kappa shape index (κ1) is 18.3. The van der Waals surface area contributed by atoms with Gasteiger partial charge < -0.3 is 14.6 Å². The number of hydrogen-bond acceptors (Lipinski definition) is 4. The zero-order valence-electron chi connectivity index (χ0n) is 14.7. The Morgan fingerprint density at radius 1 is 1.38 bits per heavy atom. The summed E-state index contributed by atoms with van der Waals surface area (Å²) in [7, 11) is 1.76. The van der Waals surface area contributed by atoms with Crippen molar-refractivity contribution in [3.8, 4) is 0 Å². The third-order valence-corrected chi connectivity index (χ3v) is 4.94.